The number of rotatable bonds is 7. The number of hydrogen-bond donors (Lipinski definition) is 1. The van der Waals surface area contributed by atoms with Gasteiger partial charge in [0, 0.05) is 36.9 Å². The maximum absolute atomic E-state index is 13.2. The van der Waals surface area contributed by atoms with Crippen LogP contribution in [0.25, 0.3) is 0 Å². The van der Waals surface area contributed by atoms with Gasteiger partial charge in [-0.1, -0.05) is 0 Å². The molecule has 1 aromatic carbocycles. The Kier molecular flexibility index (Phi) is 6.37. The monoisotopic (exact) mass is 247 g/mol. The zero-order valence-electron chi connectivity index (χ0n) is 9.13. The first-order valence-corrected chi connectivity index (χ1v) is 6.00. The average Bonchev–Trinajstić information content (AvgIpc) is 2.26. The SMILES string of the molecule is COCCNCCSc1ccc(F)cc1F. The highest BCUT2D eigenvalue weighted by molar-refractivity contribution is 7.99. The molecule has 0 aliphatic heterocycles. The van der Waals surface area contributed by atoms with Crippen molar-refractivity contribution >= 4 is 11.8 Å². The van der Waals surface area contributed by atoms with Crippen LogP contribution < -0.4 is 5.32 Å². The van der Waals surface area contributed by atoms with Crippen molar-refractivity contribution in [1.82, 2.24) is 5.32 Å². The molecule has 1 aromatic rings. The first-order valence-electron chi connectivity index (χ1n) is 5.01. The highest BCUT2D eigenvalue weighted by atomic mass is 32.2. The van der Waals surface area contributed by atoms with Crippen molar-refractivity contribution in [3.63, 3.8) is 0 Å². The number of thioether (sulfide) groups is 1. The van der Waals surface area contributed by atoms with Crippen LogP contribution in [0.15, 0.2) is 23.1 Å². The van der Waals surface area contributed by atoms with Gasteiger partial charge < -0.3 is 10.1 Å². The Bertz CT molecular complexity index is 323. The van der Waals surface area contributed by atoms with Crippen LogP contribution in [0.3, 0.4) is 0 Å². The third kappa shape index (κ3) is 4.92. The Morgan fingerprint density at radius 1 is 1.31 bits per heavy atom. The van der Waals surface area contributed by atoms with Crippen molar-refractivity contribution in [2.75, 3.05) is 32.6 Å². The quantitative estimate of drug-likeness (QED) is 0.590. The lowest BCUT2D eigenvalue weighted by atomic mass is 10.3. The number of benzene rings is 1. The van der Waals surface area contributed by atoms with Gasteiger partial charge in [0.2, 0.25) is 0 Å². The molecule has 0 radical (unpaired) electrons. The predicted octanol–water partition coefficient (Wildman–Crippen LogP) is 2.29. The van der Waals surface area contributed by atoms with E-state index >= 15 is 0 Å². The molecule has 0 heterocycles. The summed E-state index contributed by atoms with van der Waals surface area (Å²) in [6.45, 7) is 2.21. The summed E-state index contributed by atoms with van der Waals surface area (Å²) in [5.74, 6) is -0.298. The molecule has 0 bridgehead atoms. The van der Waals surface area contributed by atoms with E-state index in [4.69, 9.17) is 4.74 Å². The summed E-state index contributed by atoms with van der Waals surface area (Å²) in [6, 6.07) is 3.63. The van der Waals surface area contributed by atoms with Crippen LogP contribution in [0.2, 0.25) is 0 Å². The van der Waals surface area contributed by atoms with Crippen molar-refractivity contribution in [3.05, 3.63) is 29.8 Å². The third-order valence-corrected chi connectivity index (χ3v) is 2.96. The van der Waals surface area contributed by atoms with Gasteiger partial charge in [0.05, 0.1) is 6.61 Å². The molecule has 5 heteroatoms. The molecule has 0 aliphatic rings. The summed E-state index contributed by atoms with van der Waals surface area (Å²) in [4.78, 5) is 0.481. The molecule has 1 rings (SSSR count). The second-order valence-electron chi connectivity index (χ2n) is 3.17. The van der Waals surface area contributed by atoms with E-state index in [1.807, 2.05) is 0 Å². The number of halogens is 2. The fourth-order valence-corrected chi connectivity index (χ4v) is 1.95. The summed E-state index contributed by atoms with van der Waals surface area (Å²) >= 11 is 1.37. The number of ether oxygens (including phenoxy) is 1. The molecule has 1 N–H and O–H groups in total. The lowest BCUT2D eigenvalue weighted by Gasteiger charge is -2.05. The van der Waals surface area contributed by atoms with Gasteiger partial charge in [-0.3, -0.25) is 0 Å². The smallest absolute Gasteiger partial charge is 0.139 e. The van der Waals surface area contributed by atoms with Crippen molar-refractivity contribution in [1.29, 1.82) is 0 Å². The Morgan fingerprint density at radius 2 is 2.12 bits per heavy atom. The second kappa shape index (κ2) is 7.60. The van der Waals surface area contributed by atoms with Crippen LogP contribution in [-0.4, -0.2) is 32.6 Å². The first kappa shape index (κ1) is 13.4. The predicted molar refractivity (Wildman–Crippen MR) is 61.8 cm³/mol. The Balaban J connectivity index is 2.21. The lowest BCUT2D eigenvalue weighted by Crippen LogP contribution is -2.21. The second-order valence-corrected chi connectivity index (χ2v) is 4.30. The van der Waals surface area contributed by atoms with E-state index in [-0.39, 0.29) is 0 Å². The maximum atomic E-state index is 13.2. The lowest BCUT2D eigenvalue weighted by molar-refractivity contribution is 0.200. The molecule has 0 amide bonds. The van der Waals surface area contributed by atoms with Crippen LogP contribution in [0.4, 0.5) is 8.78 Å². The van der Waals surface area contributed by atoms with E-state index in [0.29, 0.717) is 11.5 Å². The summed E-state index contributed by atoms with van der Waals surface area (Å²) < 4.78 is 30.6. The van der Waals surface area contributed by atoms with E-state index in [1.165, 1.54) is 23.9 Å². The zero-order chi connectivity index (χ0) is 11.8. The van der Waals surface area contributed by atoms with E-state index in [9.17, 15) is 8.78 Å². The van der Waals surface area contributed by atoms with Crippen molar-refractivity contribution in [3.8, 4) is 0 Å². The molecule has 90 valence electrons. The summed E-state index contributed by atoms with van der Waals surface area (Å²) in [6.07, 6.45) is 0. The van der Waals surface area contributed by atoms with Gasteiger partial charge in [-0.25, -0.2) is 8.78 Å². The highest BCUT2D eigenvalue weighted by Gasteiger charge is 2.03. The molecule has 0 saturated carbocycles. The summed E-state index contributed by atoms with van der Waals surface area (Å²) in [5.41, 5.74) is 0. The van der Waals surface area contributed by atoms with Crippen LogP contribution >= 0.6 is 11.8 Å². The maximum Gasteiger partial charge on any atom is 0.139 e. The van der Waals surface area contributed by atoms with Gasteiger partial charge in [-0.15, -0.1) is 11.8 Å². The van der Waals surface area contributed by atoms with Crippen LogP contribution in [0, 0.1) is 11.6 Å². The molecule has 16 heavy (non-hydrogen) atoms. The summed E-state index contributed by atoms with van der Waals surface area (Å²) in [7, 11) is 1.64. The van der Waals surface area contributed by atoms with E-state index in [0.717, 1.165) is 24.9 Å². The molecule has 0 aromatic heterocycles. The van der Waals surface area contributed by atoms with Crippen LogP contribution in [-0.2, 0) is 4.74 Å². The van der Waals surface area contributed by atoms with Crippen molar-refractivity contribution in [2.45, 2.75) is 4.90 Å². The fourth-order valence-electron chi connectivity index (χ4n) is 1.12. The minimum Gasteiger partial charge on any atom is -0.383 e. The third-order valence-electron chi connectivity index (χ3n) is 1.91. The molecule has 0 aliphatic carbocycles. The molecule has 0 atom stereocenters. The molecular formula is C11H15F2NOS. The zero-order valence-corrected chi connectivity index (χ0v) is 9.95. The fraction of sp³-hybridized carbons (Fsp3) is 0.455. The van der Waals surface area contributed by atoms with Crippen LogP contribution in [0.5, 0.6) is 0 Å². The van der Waals surface area contributed by atoms with Gasteiger partial charge in [-0.05, 0) is 12.1 Å². The van der Waals surface area contributed by atoms with Crippen molar-refractivity contribution in [2.24, 2.45) is 0 Å². The molecule has 0 fully saturated rings. The van der Waals surface area contributed by atoms with Gasteiger partial charge in [0.15, 0.2) is 0 Å². The van der Waals surface area contributed by atoms with Crippen molar-refractivity contribution < 1.29 is 13.5 Å². The van der Waals surface area contributed by atoms with E-state index < -0.39 is 11.6 Å². The molecular weight excluding hydrogens is 232 g/mol. The normalized spacial score (nSPS) is 10.7. The summed E-state index contributed by atoms with van der Waals surface area (Å²) in [5, 5.41) is 3.15. The standard InChI is InChI=1S/C11H15F2NOS/c1-15-6-4-14-5-7-16-11-3-2-9(12)8-10(11)13/h2-3,8,14H,4-7H2,1H3. The Labute approximate surface area is 98.4 Å². The van der Waals surface area contributed by atoms with Gasteiger partial charge in [-0.2, -0.15) is 0 Å². The van der Waals surface area contributed by atoms with Crippen LogP contribution in [0.1, 0.15) is 0 Å². The van der Waals surface area contributed by atoms with E-state index in [2.05, 4.69) is 5.32 Å². The molecule has 0 spiro atoms. The van der Waals surface area contributed by atoms with Gasteiger partial charge in [0.1, 0.15) is 11.6 Å². The van der Waals surface area contributed by atoms with Gasteiger partial charge >= 0.3 is 0 Å². The molecule has 2 nitrogen and oxygen atoms in total. The minimum absolute atomic E-state index is 0.481. The average molecular weight is 247 g/mol. The number of nitrogens with one attached hydrogen (secondary N) is 1. The number of methoxy groups -OCH3 is 1. The van der Waals surface area contributed by atoms with E-state index in [1.54, 1.807) is 7.11 Å². The van der Waals surface area contributed by atoms with Gasteiger partial charge in [0.25, 0.3) is 0 Å². The topological polar surface area (TPSA) is 21.3 Å². The minimum atomic E-state index is -0.542. The Hall–Kier alpha value is -0.650. The highest BCUT2D eigenvalue weighted by Crippen LogP contribution is 2.21. The molecule has 0 saturated heterocycles. The first-order chi connectivity index (χ1) is 7.74. The number of hydrogen-bond acceptors (Lipinski definition) is 3. The molecule has 0 unspecified atom stereocenters. The Morgan fingerprint density at radius 3 is 2.81 bits per heavy atom. The largest absolute Gasteiger partial charge is 0.383 e.